The third kappa shape index (κ3) is 9.66. The average molecular weight is 366 g/mol. The Hall–Kier alpha value is -1.76. The number of rotatable bonds is 9. The fraction of sp³-hybridized carbons (Fsp3) is 0.462. The van der Waals surface area contributed by atoms with Gasteiger partial charge in [0.1, 0.15) is 0 Å². The molecule has 1 unspecified atom stereocenters. The van der Waals surface area contributed by atoms with Crippen LogP contribution in [0.5, 0.6) is 0 Å². The molecule has 0 aromatic rings. The minimum atomic E-state index is 0.385. The van der Waals surface area contributed by atoms with Crippen molar-refractivity contribution in [1.29, 1.82) is 0 Å². The van der Waals surface area contributed by atoms with Gasteiger partial charge < -0.3 is 0 Å². The fourth-order valence-corrected chi connectivity index (χ4v) is 2.92. The van der Waals surface area contributed by atoms with Gasteiger partial charge in [-0.1, -0.05) is 101 Å². The summed E-state index contributed by atoms with van der Waals surface area (Å²) in [6.45, 7) is 29.3. The molecule has 0 saturated carbocycles. The number of hydrogen-bond donors (Lipinski definition) is 0. The predicted octanol–water partition coefficient (Wildman–Crippen LogP) is 8.74. The summed E-state index contributed by atoms with van der Waals surface area (Å²) >= 11 is 0. The summed E-state index contributed by atoms with van der Waals surface area (Å²) in [4.78, 5) is 0. The van der Waals surface area contributed by atoms with Crippen LogP contribution in [0.15, 0.2) is 83.9 Å². The molecule has 1 aliphatic rings. The van der Waals surface area contributed by atoms with Gasteiger partial charge in [-0.2, -0.15) is 0 Å². The molecule has 1 atom stereocenters. The van der Waals surface area contributed by atoms with Crippen molar-refractivity contribution in [3.05, 3.63) is 83.9 Å². The molecule has 0 nitrogen and oxygen atoms in total. The van der Waals surface area contributed by atoms with Crippen molar-refractivity contribution >= 4 is 6.71 Å². The highest BCUT2D eigenvalue weighted by Crippen LogP contribution is 2.31. The molecule has 150 valence electrons. The lowest BCUT2D eigenvalue weighted by Gasteiger charge is -2.18. The normalized spacial score (nSPS) is 14.1. The largest absolute Gasteiger partial charge is 0.207 e. The standard InChI is InChI=1S/C22H31B.2C2H6/c1-8-10-12-19(6)20(7)15-16-23(17(3)4)22-14-11-13-21(22)18(5)9-2;2*1-2/h8-11,14-15,18H,2-3,6,12-13,16H2,1,4-5,7H3;2*1-2H3/b10-8-,20-15+;;. The molecule has 0 saturated heterocycles. The van der Waals surface area contributed by atoms with Crippen LogP contribution in [0.25, 0.3) is 0 Å². The van der Waals surface area contributed by atoms with Crippen molar-refractivity contribution < 1.29 is 0 Å². The zero-order valence-electron chi connectivity index (χ0n) is 19.4. The van der Waals surface area contributed by atoms with E-state index in [1.165, 1.54) is 27.7 Å². The molecule has 0 aromatic heterocycles. The van der Waals surface area contributed by atoms with Crippen LogP contribution in [-0.2, 0) is 0 Å². The molecule has 0 bridgehead atoms. The molecular formula is C26H43B. The molecule has 0 radical (unpaired) electrons. The highest BCUT2D eigenvalue weighted by atomic mass is 14.2. The summed E-state index contributed by atoms with van der Waals surface area (Å²) < 4.78 is 0. The maximum Gasteiger partial charge on any atom is 0.207 e. The third-order valence-corrected chi connectivity index (χ3v) is 4.70. The van der Waals surface area contributed by atoms with Gasteiger partial charge in [-0.25, -0.2) is 0 Å². The molecule has 27 heavy (non-hydrogen) atoms. The van der Waals surface area contributed by atoms with E-state index in [1.807, 2.05) is 40.7 Å². The van der Waals surface area contributed by atoms with E-state index in [0.717, 1.165) is 19.2 Å². The second-order valence-corrected chi connectivity index (χ2v) is 6.51. The minimum Gasteiger partial charge on any atom is -0.108 e. The van der Waals surface area contributed by atoms with Gasteiger partial charge in [-0.05, 0) is 44.5 Å². The van der Waals surface area contributed by atoms with E-state index in [0.29, 0.717) is 12.6 Å². The predicted molar refractivity (Wildman–Crippen MR) is 131 cm³/mol. The van der Waals surface area contributed by atoms with Crippen molar-refractivity contribution in [3.8, 4) is 0 Å². The molecule has 0 amide bonds. The summed E-state index contributed by atoms with van der Waals surface area (Å²) in [6, 6.07) is 0. The summed E-state index contributed by atoms with van der Waals surface area (Å²) in [6.07, 6.45) is 16.1. The first-order chi connectivity index (χ1) is 12.9. The third-order valence-electron chi connectivity index (χ3n) is 4.70. The van der Waals surface area contributed by atoms with E-state index in [-0.39, 0.29) is 0 Å². The van der Waals surface area contributed by atoms with Crippen molar-refractivity contribution in [2.75, 3.05) is 0 Å². The van der Waals surface area contributed by atoms with Gasteiger partial charge in [-0.15, -0.1) is 18.6 Å². The monoisotopic (exact) mass is 366 g/mol. The fourth-order valence-electron chi connectivity index (χ4n) is 2.92. The first-order valence-electron chi connectivity index (χ1n) is 10.6. The van der Waals surface area contributed by atoms with Crippen molar-refractivity contribution in [2.24, 2.45) is 5.92 Å². The Morgan fingerprint density at radius 3 is 2.26 bits per heavy atom. The molecule has 1 rings (SSSR count). The van der Waals surface area contributed by atoms with Crippen molar-refractivity contribution in [3.63, 3.8) is 0 Å². The van der Waals surface area contributed by atoms with E-state index in [4.69, 9.17) is 0 Å². The molecule has 1 heteroatoms. The van der Waals surface area contributed by atoms with Gasteiger partial charge in [0, 0.05) is 0 Å². The van der Waals surface area contributed by atoms with Crippen LogP contribution in [0, 0.1) is 5.92 Å². The molecule has 1 aliphatic carbocycles. The first kappa shape index (κ1) is 27.5. The van der Waals surface area contributed by atoms with E-state index >= 15 is 0 Å². The molecule has 0 fully saturated rings. The Balaban J connectivity index is 0. The second-order valence-electron chi connectivity index (χ2n) is 6.51. The lowest BCUT2D eigenvalue weighted by atomic mass is 9.37. The minimum absolute atomic E-state index is 0.385. The Morgan fingerprint density at radius 2 is 1.78 bits per heavy atom. The maximum absolute atomic E-state index is 4.24. The average Bonchev–Trinajstić information content (AvgIpc) is 3.17. The van der Waals surface area contributed by atoms with Crippen LogP contribution in [-0.4, -0.2) is 6.71 Å². The van der Waals surface area contributed by atoms with Crippen LogP contribution in [0.4, 0.5) is 0 Å². The lowest BCUT2D eigenvalue weighted by Crippen LogP contribution is -2.18. The Morgan fingerprint density at radius 1 is 1.19 bits per heavy atom. The smallest absolute Gasteiger partial charge is 0.108 e. The Bertz CT molecular complexity index is 581. The van der Waals surface area contributed by atoms with Crippen LogP contribution >= 0.6 is 0 Å². The van der Waals surface area contributed by atoms with E-state index in [2.05, 4.69) is 70.9 Å². The topological polar surface area (TPSA) is 0 Å². The van der Waals surface area contributed by atoms with Gasteiger partial charge in [0.05, 0.1) is 0 Å². The molecule has 0 spiro atoms. The quantitative estimate of drug-likeness (QED) is 0.217. The van der Waals surface area contributed by atoms with Gasteiger partial charge >= 0.3 is 0 Å². The zero-order valence-corrected chi connectivity index (χ0v) is 19.4. The van der Waals surface area contributed by atoms with E-state index in [1.54, 1.807) is 0 Å². The number of allylic oxidation sites excluding steroid dienone is 11. The van der Waals surface area contributed by atoms with Gasteiger partial charge in [0.15, 0.2) is 0 Å². The summed E-state index contributed by atoms with van der Waals surface area (Å²) in [5.41, 5.74) is 6.64. The molecule has 0 heterocycles. The van der Waals surface area contributed by atoms with Crippen molar-refractivity contribution in [1.82, 2.24) is 0 Å². The molecule has 0 aliphatic heterocycles. The Labute approximate surface area is 171 Å². The van der Waals surface area contributed by atoms with Gasteiger partial charge in [0.25, 0.3) is 0 Å². The maximum atomic E-state index is 4.24. The van der Waals surface area contributed by atoms with Crippen LogP contribution < -0.4 is 0 Å². The molecule has 0 aromatic carbocycles. The van der Waals surface area contributed by atoms with Gasteiger partial charge in [-0.3, -0.25) is 0 Å². The van der Waals surface area contributed by atoms with E-state index in [9.17, 15) is 0 Å². The van der Waals surface area contributed by atoms with Crippen LogP contribution in [0.2, 0.25) is 6.32 Å². The van der Waals surface area contributed by atoms with E-state index < -0.39 is 0 Å². The first-order valence-corrected chi connectivity index (χ1v) is 10.6. The number of hydrogen-bond acceptors (Lipinski definition) is 0. The van der Waals surface area contributed by atoms with Crippen LogP contribution in [0.1, 0.15) is 68.2 Å². The molecular weight excluding hydrogens is 323 g/mol. The summed E-state index contributed by atoms with van der Waals surface area (Å²) in [7, 11) is 0. The summed E-state index contributed by atoms with van der Waals surface area (Å²) in [5, 5.41) is 0. The lowest BCUT2D eigenvalue weighted by molar-refractivity contribution is 0.839. The van der Waals surface area contributed by atoms with Crippen molar-refractivity contribution in [2.45, 2.75) is 74.6 Å². The zero-order chi connectivity index (χ0) is 21.4. The SMILES string of the molecule is C=CC(C)C1=C(B(C/C=C(\C)C(=C)C/C=C\C)C(=C)C)C=CC1.CC.CC. The van der Waals surface area contributed by atoms with Gasteiger partial charge in [0.2, 0.25) is 6.71 Å². The highest BCUT2D eigenvalue weighted by Gasteiger charge is 2.24. The Kier molecular flexibility index (Phi) is 16.7. The molecule has 0 N–H and O–H groups in total. The van der Waals surface area contributed by atoms with Crippen LogP contribution in [0.3, 0.4) is 0 Å². The summed E-state index contributed by atoms with van der Waals surface area (Å²) in [5.74, 6) is 0.427. The second kappa shape index (κ2) is 16.4. The highest BCUT2D eigenvalue weighted by molar-refractivity contribution is 6.75.